The maximum Gasteiger partial charge on any atom is 0.0172 e. The molecule has 1 spiro atoms. The molecule has 2 atom stereocenters. The van der Waals surface area contributed by atoms with Gasteiger partial charge in [0.05, 0.1) is 0 Å². The molecule has 0 aromatic heterocycles. The molecule has 2 unspecified atom stereocenters. The number of nitrogens with one attached hydrogen (secondary N) is 1. The molecular weight excluding hydrogens is 190 g/mol. The van der Waals surface area contributed by atoms with Gasteiger partial charge in [0, 0.05) is 12.6 Å². The van der Waals surface area contributed by atoms with Crippen LogP contribution < -0.4 is 5.32 Å². The van der Waals surface area contributed by atoms with Crippen LogP contribution in [0.2, 0.25) is 0 Å². The first-order chi connectivity index (χ1) is 6.91. The minimum atomic E-state index is 0.766. The van der Waals surface area contributed by atoms with Gasteiger partial charge in [-0.2, -0.15) is 11.8 Å². The molecule has 0 aromatic rings. The molecule has 2 aliphatic heterocycles. The molecule has 2 heterocycles. The summed E-state index contributed by atoms with van der Waals surface area (Å²) in [5, 5.41) is 3.73. The van der Waals surface area contributed by atoms with E-state index in [2.05, 4.69) is 17.1 Å². The van der Waals surface area contributed by atoms with E-state index in [1.165, 1.54) is 56.6 Å². The highest BCUT2D eigenvalue weighted by Crippen LogP contribution is 2.49. The molecule has 1 saturated carbocycles. The smallest absolute Gasteiger partial charge is 0.0172 e. The monoisotopic (exact) mass is 211 g/mol. The molecular formula is C12H21NS. The van der Waals surface area contributed by atoms with Crippen LogP contribution in [0.1, 0.15) is 38.5 Å². The first-order valence-electron chi connectivity index (χ1n) is 6.22. The molecule has 0 bridgehead atoms. The lowest BCUT2D eigenvalue weighted by atomic mass is 9.66. The lowest BCUT2D eigenvalue weighted by molar-refractivity contribution is 0.0477. The summed E-state index contributed by atoms with van der Waals surface area (Å²) in [6.07, 6.45) is 8.99. The van der Waals surface area contributed by atoms with E-state index in [-0.39, 0.29) is 0 Å². The molecule has 3 fully saturated rings. The fourth-order valence-corrected chi connectivity index (χ4v) is 4.97. The first kappa shape index (κ1) is 9.53. The van der Waals surface area contributed by atoms with Crippen molar-refractivity contribution >= 4 is 11.8 Å². The number of hydrogen-bond donors (Lipinski definition) is 1. The summed E-state index contributed by atoms with van der Waals surface area (Å²) in [5.74, 6) is 3.84. The number of rotatable bonds is 1. The average Bonchev–Trinajstić information content (AvgIpc) is 2.68. The maximum atomic E-state index is 3.73. The Morgan fingerprint density at radius 2 is 2.00 bits per heavy atom. The highest BCUT2D eigenvalue weighted by atomic mass is 32.2. The van der Waals surface area contributed by atoms with E-state index in [9.17, 15) is 0 Å². The van der Waals surface area contributed by atoms with Crippen LogP contribution in [0.5, 0.6) is 0 Å². The van der Waals surface area contributed by atoms with Gasteiger partial charge in [0.1, 0.15) is 0 Å². The first-order valence-corrected chi connectivity index (χ1v) is 7.37. The van der Waals surface area contributed by atoms with Gasteiger partial charge in [-0.3, -0.25) is 0 Å². The van der Waals surface area contributed by atoms with Crippen molar-refractivity contribution in [1.29, 1.82) is 0 Å². The van der Waals surface area contributed by atoms with Crippen molar-refractivity contribution in [1.82, 2.24) is 5.32 Å². The Morgan fingerprint density at radius 1 is 1.14 bits per heavy atom. The van der Waals surface area contributed by atoms with E-state index in [4.69, 9.17) is 0 Å². The van der Waals surface area contributed by atoms with Gasteiger partial charge >= 0.3 is 0 Å². The second-order valence-corrected chi connectivity index (χ2v) is 6.56. The summed E-state index contributed by atoms with van der Waals surface area (Å²) >= 11 is 2.18. The Bertz CT molecular complexity index is 204. The molecule has 3 aliphatic rings. The van der Waals surface area contributed by atoms with Gasteiger partial charge in [-0.25, -0.2) is 0 Å². The summed E-state index contributed by atoms with van der Waals surface area (Å²) in [6.45, 7) is 1.33. The van der Waals surface area contributed by atoms with E-state index in [0.29, 0.717) is 0 Å². The van der Waals surface area contributed by atoms with E-state index in [1.54, 1.807) is 0 Å². The van der Waals surface area contributed by atoms with E-state index >= 15 is 0 Å². The summed E-state index contributed by atoms with van der Waals surface area (Å²) in [6, 6.07) is 0.901. The van der Waals surface area contributed by atoms with Crippen molar-refractivity contribution in [2.24, 2.45) is 11.3 Å². The molecule has 0 aromatic carbocycles. The molecule has 3 rings (SSSR count). The summed E-state index contributed by atoms with van der Waals surface area (Å²) in [7, 11) is 0. The Labute approximate surface area is 91.4 Å². The number of hydrogen-bond acceptors (Lipinski definition) is 2. The Balaban J connectivity index is 1.66. The predicted octanol–water partition coefficient (Wildman–Crippen LogP) is 2.66. The van der Waals surface area contributed by atoms with Crippen LogP contribution in [0.15, 0.2) is 0 Å². The molecule has 14 heavy (non-hydrogen) atoms. The van der Waals surface area contributed by atoms with Crippen LogP contribution in [-0.4, -0.2) is 24.1 Å². The second-order valence-electron chi connectivity index (χ2n) is 5.41. The quantitative estimate of drug-likeness (QED) is 0.715. The molecule has 2 saturated heterocycles. The topological polar surface area (TPSA) is 12.0 Å². The van der Waals surface area contributed by atoms with Crippen LogP contribution in [-0.2, 0) is 0 Å². The fourth-order valence-electron chi connectivity index (χ4n) is 3.77. The molecule has 1 N–H and O–H groups in total. The standard InChI is InChI=1S/C12H21NS/c1-2-6-12(5-1)9-13-11(12)10-4-3-7-14-8-10/h10-11,13H,1-9H2. The van der Waals surface area contributed by atoms with Gasteiger partial charge in [-0.15, -0.1) is 0 Å². The van der Waals surface area contributed by atoms with Crippen molar-refractivity contribution < 1.29 is 0 Å². The fraction of sp³-hybridized carbons (Fsp3) is 1.00. The van der Waals surface area contributed by atoms with E-state index in [0.717, 1.165) is 17.4 Å². The van der Waals surface area contributed by atoms with E-state index < -0.39 is 0 Å². The highest BCUT2D eigenvalue weighted by Gasteiger charge is 2.50. The molecule has 80 valence electrons. The maximum absolute atomic E-state index is 3.73. The van der Waals surface area contributed by atoms with Crippen molar-refractivity contribution in [2.45, 2.75) is 44.6 Å². The van der Waals surface area contributed by atoms with Crippen LogP contribution in [0.3, 0.4) is 0 Å². The van der Waals surface area contributed by atoms with Gasteiger partial charge in [-0.1, -0.05) is 12.8 Å². The van der Waals surface area contributed by atoms with Crippen LogP contribution in [0.4, 0.5) is 0 Å². The molecule has 2 heteroatoms. The summed E-state index contributed by atoms with van der Waals surface area (Å²) < 4.78 is 0. The zero-order valence-corrected chi connectivity index (χ0v) is 9.74. The lowest BCUT2D eigenvalue weighted by Crippen LogP contribution is -2.64. The van der Waals surface area contributed by atoms with Crippen LogP contribution in [0.25, 0.3) is 0 Å². The minimum absolute atomic E-state index is 0.766. The average molecular weight is 211 g/mol. The number of thioether (sulfide) groups is 1. The summed E-state index contributed by atoms with van der Waals surface area (Å²) in [5.41, 5.74) is 0.766. The van der Waals surface area contributed by atoms with Crippen molar-refractivity contribution in [2.75, 3.05) is 18.1 Å². The third-order valence-electron chi connectivity index (χ3n) is 4.60. The molecule has 0 amide bonds. The SMILES string of the molecule is C1CSCC(C2NCC23CCCC3)C1. The zero-order chi connectivity index (χ0) is 9.43. The van der Waals surface area contributed by atoms with Gasteiger partial charge in [-0.05, 0) is 48.5 Å². The molecule has 1 nitrogen and oxygen atoms in total. The van der Waals surface area contributed by atoms with Gasteiger partial charge in [0.15, 0.2) is 0 Å². The van der Waals surface area contributed by atoms with Crippen molar-refractivity contribution in [3.8, 4) is 0 Å². The second kappa shape index (κ2) is 3.71. The highest BCUT2D eigenvalue weighted by molar-refractivity contribution is 7.99. The largest absolute Gasteiger partial charge is 0.312 e. The Hall–Kier alpha value is 0.310. The van der Waals surface area contributed by atoms with Crippen molar-refractivity contribution in [3.05, 3.63) is 0 Å². The normalized spacial score (nSPS) is 41.1. The van der Waals surface area contributed by atoms with Crippen LogP contribution >= 0.6 is 11.8 Å². The lowest BCUT2D eigenvalue weighted by Gasteiger charge is -2.53. The minimum Gasteiger partial charge on any atom is -0.312 e. The van der Waals surface area contributed by atoms with Gasteiger partial charge in [0.25, 0.3) is 0 Å². The van der Waals surface area contributed by atoms with Gasteiger partial charge < -0.3 is 5.32 Å². The predicted molar refractivity (Wildman–Crippen MR) is 62.7 cm³/mol. The van der Waals surface area contributed by atoms with Gasteiger partial charge in [0.2, 0.25) is 0 Å². The zero-order valence-electron chi connectivity index (χ0n) is 8.93. The third kappa shape index (κ3) is 1.42. The molecule has 0 radical (unpaired) electrons. The van der Waals surface area contributed by atoms with Crippen LogP contribution in [0, 0.1) is 11.3 Å². The van der Waals surface area contributed by atoms with Crippen molar-refractivity contribution in [3.63, 3.8) is 0 Å². The summed E-state index contributed by atoms with van der Waals surface area (Å²) in [4.78, 5) is 0. The Morgan fingerprint density at radius 3 is 2.57 bits per heavy atom. The Kier molecular flexibility index (Phi) is 2.53. The molecule has 1 aliphatic carbocycles. The van der Waals surface area contributed by atoms with E-state index in [1.807, 2.05) is 0 Å². The third-order valence-corrected chi connectivity index (χ3v) is 5.84.